The Morgan fingerprint density at radius 2 is 1.00 bits per heavy atom. The molecule has 22 heavy (non-hydrogen) atoms. The van der Waals surface area contributed by atoms with Gasteiger partial charge in [-0.15, -0.1) is 0 Å². The van der Waals surface area contributed by atoms with Crippen LogP contribution in [0.15, 0.2) is 61.2 Å². The standard InChI is InChI=1S/C16H10N6/c17-11-13-3-7-21(8-4-13)15-1-2-16(20-19-15)22-9-5-14(12-18)6-10-22/h1-10H/q+2. The van der Waals surface area contributed by atoms with E-state index in [2.05, 4.69) is 22.3 Å². The highest BCUT2D eigenvalue weighted by Crippen LogP contribution is 1.99. The minimum atomic E-state index is 0.592. The predicted octanol–water partition coefficient (Wildman–Crippen LogP) is 0.773. The zero-order valence-electron chi connectivity index (χ0n) is 11.5. The molecule has 0 spiro atoms. The molecule has 3 aromatic heterocycles. The van der Waals surface area contributed by atoms with Crippen molar-refractivity contribution in [2.75, 3.05) is 0 Å². The number of nitrogens with zero attached hydrogens (tertiary/aromatic N) is 6. The van der Waals surface area contributed by atoms with Gasteiger partial charge in [0, 0.05) is 12.1 Å². The first-order chi connectivity index (χ1) is 10.8. The highest BCUT2D eigenvalue weighted by Gasteiger charge is 2.16. The Balaban J connectivity index is 1.88. The van der Waals surface area contributed by atoms with Crippen molar-refractivity contribution in [3.63, 3.8) is 0 Å². The van der Waals surface area contributed by atoms with Crippen LogP contribution in [0.5, 0.6) is 0 Å². The van der Waals surface area contributed by atoms with Crippen molar-refractivity contribution in [2.45, 2.75) is 0 Å². The van der Waals surface area contributed by atoms with E-state index in [4.69, 9.17) is 10.5 Å². The van der Waals surface area contributed by atoms with Gasteiger partial charge in [-0.1, -0.05) is 0 Å². The number of rotatable bonds is 2. The fraction of sp³-hybridized carbons (Fsp3) is 0. The van der Waals surface area contributed by atoms with Gasteiger partial charge >= 0.3 is 11.6 Å². The average Bonchev–Trinajstić information content (AvgIpc) is 2.62. The second kappa shape index (κ2) is 5.78. The maximum absolute atomic E-state index is 8.79. The van der Waals surface area contributed by atoms with E-state index in [0.717, 1.165) is 0 Å². The molecular weight excluding hydrogens is 276 g/mol. The van der Waals surface area contributed by atoms with Crippen molar-refractivity contribution >= 4 is 0 Å². The van der Waals surface area contributed by atoms with E-state index in [-0.39, 0.29) is 0 Å². The van der Waals surface area contributed by atoms with Gasteiger partial charge in [0.15, 0.2) is 10.2 Å². The monoisotopic (exact) mass is 286 g/mol. The molecule has 0 saturated heterocycles. The minimum Gasteiger partial charge on any atom is -0.199 e. The Bertz CT molecular complexity index is 792. The normalized spacial score (nSPS) is 9.73. The van der Waals surface area contributed by atoms with Gasteiger partial charge in [0.25, 0.3) is 0 Å². The third kappa shape index (κ3) is 2.62. The highest BCUT2D eigenvalue weighted by atomic mass is 15.2. The molecule has 0 aromatic carbocycles. The summed E-state index contributed by atoms with van der Waals surface area (Å²) < 4.78 is 3.56. The third-order valence-electron chi connectivity index (χ3n) is 3.08. The SMILES string of the molecule is N#Cc1cc[n+](-c2ccc(-[n+]3ccc(C#N)cc3)nn2)cc1. The lowest BCUT2D eigenvalue weighted by Crippen LogP contribution is -2.34. The Morgan fingerprint density at radius 3 is 1.27 bits per heavy atom. The maximum atomic E-state index is 8.79. The molecule has 0 bridgehead atoms. The van der Waals surface area contributed by atoms with E-state index in [1.807, 2.05) is 12.1 Å². The molecule has 6 heteroatoms. The lowest BCUT2D eigenvalue weighted by atomic mass is 10.3. The summed E-state index contributed by atoms with van der Waals surface area (Å²) in [5.41, 5.74) is 1.18. The number of pyridine rings is 2. The van der Waals surface area contributed by atoms with Crippen LogP contribution >= 0.6 is 0 Å². The summed E-state index contributed by atoms with van der Waals surface area (Å²) in [6.45, 7) is 0. The van der Waals surface area contributed by atoms with Crippen molar-refractivity contribution in [1.82, 2.24) is 10.2 Å². The van der Waals surface area contributed by atoms with Crippen LogP contribution in [0.4, 0.5) is 0 Å². The van der Waals surface area contributed by atoms with Crippen LogP contribution in [-0.2, 0) is 0 Å². The molecule has 0 aliphatic rings. The van der Waals surface area contributed by atoms with E-state index in [1.165, 1.54) is 0 Å². The molecule has 0 fully saturated rings. The molecule has 0 radical (unpaired) electrons. The Hall–Kier alpha value is -3.64. The van der Waals surface area contributed by atoms with Crippen molar-refractivity contribution in [3.8, 4) is 23.8 Å². The molecule has 0 saturated carbocycles. The molecule has 0 N–H and O–H groups in total. The Morgan fingerprint density at radius 1 is 0.636 bits per heavy atom. The maximum Gasteiger partial charge on any atom is 0.381 e. The zero-order valence-corrected chi connectivity index (χ0v) is 11.5. The number of hydrogen-bond acceptors (Lipinski definition) is 4. The number of hydrogen-bond donors (Lipinski definition) is 0. The van der Waals surface area contributed by atoms with Crippen molar-refractivity contribution < 1.29 is 9.13 Å². The quantitative estimate of drug-likeness (QED) is 0.652. The summed E-state index contributed by atoms with van der Waals surface area (Å²) in [7, 11) is 0. The summed E-state index contributed by atoms with van der Waals surface area (Å²) >= 11 is 0. The largest absolute Gasteiger partial charge is 0.381 e. The smallest absolute Gasteiger partial charge is 0.199 e. The summed E-state index contributed by atoms with van der Waals surface area (Å²) in [5, 5.41) is 25.9. The van der Waals surface area contributed by atoms with Gasteiger partial charge in [0.2, 0.25) is 0 Å². The van der Waals surface area contributed by atoms with Crippen LogP contribution in [0.1, 0.15) is 11.1 Å². The fourth-order valence-electron chi connectivity index (χ4n) is 1.90. The molecular formula is C16H10N6+2. The van der Waals surface area contributed by atoms with Crippen molar-refractivity contribution in [2.24, 2.45) is 0 Å². The summed E-state index contributed by atoms with van der Waals surface area (Å²) in [6.07, 6.45) is 7.04. The van der Waals surface area contributed by atoms with E-state index < -0.39 is 0 Å². The molecule has 102 valence electrons. The van der Waals surface area contributed by atoms with E-state index >= 15 is 0 Å². The lowest BCUT2D eigenvalue weighted by molar-refractivity contribution is -0.606. The van der Waals surface area contributed by atoms with Crippen LogP contribution in [0.2, 0.25) is 0 Å². The van der Waals surface area contributed by atoms with Gasteiger partial charge < -0.3 is 0 Å². The molecule has 0 unspecified atom stereocenters. The summed E-state index contributed by atoms with van der Waals surface area (Å²) in [4.78, 5) is 0. The predicted molar refractivity (Wildman–Crippen MR) is 74.5 cm³/mol. The van der Waals surface area contributed by atoms with Crippen LogP contribution in [0, 0.1) is 22.7 Å². The van der Waals surface area contributed by atoms with Crippen molar-refractivity contribution in [1.29, 1.82) is 10.5 Å². The van der Waals surface area contributed by atoms with E-state index in [9.17, 15) is 0 Å². The second-order valence-electron chi connectivity index (χ2n) is 4.46. The van der Waals surface area contributed by atoms with Gasteiger partial charge in [-0.2, -0.15) is 19.7 Å². The van der Waals surface area contributed by atoms with Gasteiger partial charge in [-0.25, -0.2) is 0 Å². The van der Waals surface area contributed by atoms with Crippen molar-refractivity contribution in [3.05, 3.63) is 72.3 Å². The minimum absolute atomic E-state index is 0.592. The van der Waals surface area contributed by atoms with Crippen LogP contribution in [0.25, 0.3) is 11.6 Å². The molecule has 3 heterocycles. The van der Waals surface area contributed by atoms with E-state index in [1.54, 1.807) is 58.2 Å². The number of aromatic nitrogens is 4. The van der Waals surface area contributed by atoms with Gasteiger partial charge in [0.05, 0.1) is 48.1 Å². The summed E-state index contributed by atoms with van der Waals surface area (Å²) in [6, 6.07) is 14.7. The van der Waals surface area contributed by atoms with Crippen LogP contribution < -0.4 is 9.13 Å². The molecule has 0 aliphatic carbocycles. The molecule has 0 atom stereocenters. The molecule has 3 aromatic rings. The van der Waals surface area contributed by atoms with Gasteiger partial charge in [-0.05, 0) is 24.3 Å². The Labute approximate surface area is 126 Å². The average molecular weight is 286 g/mol. The molecule has 0 amide bonds. The fourth-order valence-corrected chi connectivity index (χ4v) is 1.90. The zero-order chi connectivity index (χ0) is 15.4. The molecule has 3 rings (SSSR count). The topological polar surface area (TPSA) is 81.1 Å². The second-order valence-corrected chi connectivity index (χ2v) is 4.46. The van der Waals surface area contributed by atoms with Gasteiger partial charge in [0.1, 0.15) is 0 Å². The first kappa shape index (κ1) is 13.3. The first-order valence-corrected chi connectivity index (χ1v) is 6.47. The number of nitriles is 2. The Kier molecular flexibility index (Phi) is 3.51. The van der Waals surface area contributed by atoms with Gasteiger partial charge in [-0.3, -0.25) is 0 Å². The summed E-state index contributed by atoms with van der Waals surface area (Å²) in [5.74, 6) is 1.31. The van der Waals surface area contributed by atoms with E-state index in [0.29, 0.717) is 22.8 Å². The molecule has 0 aliphatic heterocycles. The van der Waals surface area contributed by atoms with Crippen LogP contribution in [-0.4, -0.2) is 10.2 Å². The highest BCUT2D eigenvalue weighted by molar-refractivity contribution is 5.25. The third-order valence-corrected chi connectivity index (χ3v) is 3.08. The van der Waals surface area contributed by atoms with Crippen LogP contribution in [0.3, 0.4) is 0 Å². The first-order valence-electron chi connectivity index (χ1n) is 6.47. The lowest BCUT2D eigenvalue weighted by Gasteiger charge is -1.95. The molecule has 6 nitrogen and oxygen atoms in total.